The van der Waals surface area contributed by atoms with Crippen LogP contribution in [0.2, 0.25) is 0 Å². The highest BCUT2D eigenvalue weighted by molar-refractivity contribution is 7.88. The van der Waals surface area contributed by atoms with E-state index in [0.29, 0.717) is 26.7 Å². The maximum absolute atomic E-state index is 13.9. The van der Waals surface area contributed by atoms with Gasteiger partial charge in [0.05, 0.1) is 11.9 Å². The van der Waals surface area contributed by atoms with Crippen LogP contribution in [-0.4, -0.2) is 25.9 Å². The molecule has 0 aliphatic heterocycles. The molecular formula is C20H18FN3O3S2. The zero-order chi connectivity index (χ0) is 20.9. The lowest BCUT2D eigenvalue weighted by Crippen LogP contribution is -2.25. The smallest absolute Gasteiger partial charge is 0.267 e. The molecule has 0 aliphatic rings. The Morgan fingerprint density at radius 3 is 2.59 bits per heavy atom. The second-order valence-corrected chi connectivity index (χ2v) is 8.89. The van der Waals surface area contributed by atoms with Crippen molar-refractivity contribution in [3.8, 4) is 10.6 Å². The van der Waals surface area contributed by atoms with Crippen LogP contribution in [0, 0.1) is 5.82 Å². The molecule has 3 aromatic rings. The minimum absolute atomic E-state index is 0.167. The molecule has 1 heterocycles. The number of anilines is 1. The van der Waals surface area contributed by atoms with Gasteiger partial charge in [-0.25, -0.2) is 22.5 Å². The lowest BCUT2D eigenvalue weighted by molar-refractivity contribution is 0.103. The van der Waals surface area contributed by atoms with E-state index in [1.807, 2.05) is 0 Å². The van der Waals surface area contributed by atoms with E-state index in [1.165, 1.54) is 18.3 Å². The van der Waals surface area contributed by atoms with E-state index in [4.69, 9.17) is 0 Å². The number of carbonyl (C=O) groups is 1. The van der Waals surface area contributed by atoms with Gasteiger partial charge in [0.15, 0.2) is 0 Å². The van der Waals surface area contributed by atoms with E-state index in [1.54, 1.807) is 42.5 Å². The quantitative estimate of drug-likeness (QED) is 0.531. The summed E-state index contributed by atoms with van der Waals surface area (Å²) in [6.07, 6.45) is 2.86. The van der Waals surface area contributed by atoms with Crippen molar-refractivity contribution in [2.75, 3.05) is 11.9 Å². The van der Waals surface area contributed by atoms with Crippen LogP contribution in [0.1, 0.15) is 15.2 Å². The number of rotatable bonds is 8. The number of thiazole rings is 1. The Morgan fingerprint density at radius 2 is 1.90 bits per heavy atom. The number of benzene rings is 2. The molecule has 1 aromatic heterocycles. The summed E-state index contributed by atoms with van der Waals surface area (Å²) in [7, 11) is -3.45. The zero-order valence-electron chi connectivity index (χ0n) is 15.3. The van der Waals surface area contributed by atoms with Crippen LogP contribution in [0.4, 0.5) is 10.1 Å². The SMILES string of the molecule is C=CCNS(=O)(=O)Cc1ccc(NC(=O)c2cnc(-c3ccccc3F)s2)cc1. The zero-order valence-corrected chi connectivity index (χ0v) is 16.9. The third kappa shape index (κ3) is 5.57. The van der Waals surface area contributed by atoms with E-state index in [2.05, 4.69) is 21.6 Å². The first-order chi connectivity index (χ1) is 13.9. The molecule has 0 spiro atoms. The fraction of sp³-hybridized carbons (Fsp3) is 0.100. The average molecular weight is 432 g/mol. The third-order valence-electron chi connectivity index (χ3n) is 3.85. The van der Waals surface area contributed by atoms with Crippen molar-refractivity contribution in [3.05, 3.63) is 83.6 Å². The molecule has 29 heavy (non-hydrogen) atoms. The second-order valence-electron chi connectivity index (χ2n) is 6.06. The van der Waals surface area contributed by atoms with Crippen LogP contribution < -0.4 is 10.0 Å². The second kappa shape index (κ2) is 9.08. The molecule has 0 saturated heterocycles. The van der Waals surface area contributed by atoms with E-state index in [9.17, 15) is 17.6 Å². The summed E-state index contributed by atoms with van der Waals surface area (Å²) in [4.78, 5) is 16.9. The van der Waals surface area contributed by atoms with Crippen molar-refractivity contribution in [2.45, 2.75) is 5.75 Å². The number of halogens is 1. The van der Waals surface area contributed by atoms with Crippen molar-refractivity contribution in [1.82, 2.24) is 9.71 Å². The number of sulfonamides is 1. The number of nitrogens with one attached hydrogen (secondary N) is 2. The molecule has 0 aliphatic carbocycles. The molecule has 6 nitrogen and oxygen atoms in total. The minimum Gasteiger partial charge on any atom is -0.321 e. The third-order valence-corrected chi connectivity index (χ3v) is 6.20. The van der Waals surface area contributed by atoms with Crippen molar-refractivity contribution >= 4 is 33.0 Å². The van der Waals surface area contributed by atoms with E-state index in [-0.39, 0.29) is 18.2 Å². The summed E-state index contributed by atoms with van der Waals surface area (Å²) >= 11 is 1.09. The van der Waals surface area contributed by atoms with E-state index >= 15 is 0 Å². The Bertz CT molecular complexity index is 1130. The van der Waals surface area contributed by atoms with Gasteiger partial charge in [-0.15, -0.1) is 17.9 Å². The molecule has 150 valence electrons. The topological polar surface area (TPSA) is 88.2 Å². The molecule has 2 N–H and O–H groups in total. The van der Waals surface area contributed by atoms with Gasteiger partial charge in [-0.3, -0.25) is 4.79 Å². The lowest BCUT2D eigenvalue weighted by Gasteiger charge is -2.07. The fourth-order valence-electron chi connectivity index (χ4n) is 2.47. The van der Waals surface area contributed by atoms with Gasteiger partial charge in [0.1, 0.15) is 15.7 Å². The predicted octanol–water partition coefficient (Wildman–Crippen LogP) is 3.81. The summed E-state index contributed by atoms with van der Waals surface area (Å²) in [5, 5.41) is 3.14. The Balaban J connectivity index is 1.66. The molecule has 0 unspecified atom stereocenters. The molecule has 1 amide bonds. The van der Waals surface area contributed by atoms with Crippen LogP contribution in [-0.2, 0) is 15.8 Å². The molecule has 0 radical (unpaired) electrons. The van der Waals surface area contributed by atoms with Crippen LogP contribution in [0.25, 0.3) is 10.6 Å². The normalized spacial score (nSPS) is 11.2. The summed E-state index contributed by atoms with van der Waals surface area (Å²) in [5.74, 6) is -0.948. The average Bonchev–Trinajstić information content (AvgIpc) is 3.18. The van der Waals surface area contributed by atoms with Gasteiger partial charge >= 0.3 is 0 Å². The van der Waals surface area contributed by atoms with Gasteiger partial charge in [-0.05, 0) is 29.8 Å². The first kappa shape index (κ1) is 20.8. The van der Waals surface area contributed by atoms with Crippen LogP contribution >= 0.6 is 11.3 Å². The highest BCUT2D eigenvalue weighted by Gasteiger charge is 2.15. The number of hydrogen-bond acceptors (Lipinski definition) is 5. The van der Waals surface area contributed by atoms with Gasteiger partial charge in [-0.2, -0.15) is 0 Å². The van der Waals surface area contributed by atoms with Crippen molar-refractivity contribution in [2.24, 2.45) is 0 Å². The maximum Gasteiger partial charge on any atom is 0.267 e. The maximum atomic E-state index is 13.9. The molecular weight excluding hydrogens is 413 g/mol. The van der Waals surface area contributed by atoms with Crippen LogP contribution in [0.5, 0.6) is 0 Å². The Hall–Kier alpha value is -2.88. The van der Waals surface area contributed by atoms with Gasteiger partial charge in [0, 0.05) is 17.8 Å². The van der Waals surface area contributed by atoms with Gasteiger partial charge < -0.3 is 5.32 Å². The van der Waals surface area contributed by atoms with E-state index < -0.39 is 15.8 Å². The largest absolute Gasteiger partial charge is 0.321 e. The molecule has 3 rings (SSSR count). The number of amides is 1. The first-order valence-electron chi connectivity index (χ1n) is 8.57. The molecule has 0 bridgehead atoms. The highest BCUT2D eigenvalue weighted by Crippen LogP contribution is 2.27. The van der Waals surface area contributed by atoms with Crippen molar-refractivity contribution < 1.29 is 17.6 Å². The van der Waals surface area contributed by atoms with Crippen LogP contribution in [0.3, 0.4) is 0 Å². The van der Waals surface area contributed by atoms with Crippen molar-refractivity contribution in [1.29, 1.82) is 0 Å². The Labute approximate surface area is 172 Å². The standard InChI is InChI=1S/C20H18FN3O3S2/c1-2-11-23-29(26,27)13-14-7-9-15(10-8-14)24-19(25)18-12-22-20(28-18)16-5-3-4-6-17(16)21/h2-10,12,23H,1,11,13H2,(H,24,25). The van der Waals surface area contributed by atoms with Gasteiger partial charge in [-0.1, -0.05) is 30.3 Å². The number of carbonyl (C=O) groups excluding carboxylic acids is 1. The number of hydrogen-bond donors (Lipinski definition) is 2. The summed E-state index contributed by atoms with van der Waals surface area (Å²) < 4.78 is 40.0. The van der Waals surface area contributed by atoms with Crippen LogP contribution in [0.15, 0.2) is 67.4 Å². The lowest BCUT2D eigenvalue weighted by atomic mass is 10.2. The fourth-order valence-corrected chi connectivity index (χ4v) is 4.42. The van der Waals surface area contributed by atoms with Gasteiger partial charge in [0.25, 0.3) is 5.91 Å². The Kier molecular flexibility index (Phi) is 6.53. The minimum atomic E-state index is -3.45. The van der Waals surface area contributed by atoms with Gasteiger partial charge in [0.2, 0.25) is 10.0 Å². The summed E-state index contributed by atoms with van der Waals surface area (Å²) in [6.45, 7) is 3.64. The Morgan fingerprint density at radius 1 is 1.17 bits per heavy atom. The molecule has 0 atom stereocenters. The molecule has 9 heteroatoms. The summed E-state index contributed by atoms with van der Waals surface area (Å²) in [6, 6.07) is 12.7. The highest BCUT2D eigenvalue weighted by atomic mass is 32.2. The predicted molar refractivity (Wildman–Crippen MR) is 113 cm³/mol. The molecule has 0 saturated carbocycles. The number of aromatic nitrogens is 1. The molecule has 0 fully saturated rings. The first-order valence-corrected chi connectivity index (χ1v) is 11.0. The molecule has 2 aromatic carbocycles. The monoisotopic (exact) mass is 431 g/mol. The van der Waals surface area contributed by atoms with E-state index in [0.717, 1.165) is 11.3 Å². The number of nitrogens with zero attached hydrogens (tertiary/aromatic N) is 1. The van der Waals surface area contributed by atoms with Crippen molar-refractivity contribution in [3.63, 3.8) is 0 Å². The summed E-state index contributed by atoms with van der Waals surface area (Å²) in [5.41, 5.74) is 1.43.